The van der Waals surface area contributed by atoms with Crippen LogP contribution in [0.15, 0.2) is 23.5 Å². The molecule has 10 heteroatoms. The third-order valence-electron chi connectivity index (χ3n) is 3.92. The van der Waals surface area contributed by atoms with E-state index in [0.717, 1.165) is 17.8 Å². The predicted octanol–water partition coefficient (Wildman–Crippen LogP) is 1.37. The van der Waals surface area contributed by atoms with Crippen molar-refractivity contribution < 1.29 is 14.2 Å². The molecule has 1 heterocycles. The highest BCUT2D eigenvalue weighted by atomic mass is 127. The lowest BCUT2D eigenvalue weighted by Crippen LogP contribution is -2.38. The van der Waals surface area contributed by atoms with Crippen LogP contribution in [0.1, 0.15) is 11.4 Å². The van der Waals surface area contributed by atoms with Crippen molar-refractivity contribution in [3.63, 3.8) is 0 Å². The summed E-state index contributed by atoms with van der Waals surface area (Å²) in [4.78, 5) is 8.39. The Bertz CT molecular complexity index is 750. The van der Waals surface area contributed by atoms with Gasteiger partial charge in [0.1, 0.15) is 12.2 Å². The second-order valence-corrected chi connectivity index (χ2v) is 5.40. The first-order valence-electron chi connectivity index (χ1n) is 8.19. The second-order valence-electron chi connectivity index (χ2n) is 5.40. The van der Waals surface area contributed by atoms with E-state index in [2.05, 4.69) is 25.7 Å². The fourth-order valence-electron chi connectivity index (χ4n) is 2.54. The highest BCUT2D eigenvalue weighted by Gasteiger charge is 2.15. The molecule has 2 rings (SSSR count). The quantitative estimate of drug-likeness (QED) is 0.328. The number of methoxy groups -OCH3 is 3. The number of hydrogen-bond acceptors (Lipinski definition) is 6. The van der Waals surface area contributed by atoms with Crippen molar-refractivity contribution in [2.75, 3.05) is 34.9 Å². The van der Waals surface area contributed by atoms with E-state index >= 15 is 0 Å². The van der Waals surface area contributed by atoms with Crippen LogP contribution in [0.3, 0.4) is 0 Å². The Labute approximate surface area is 176 Å². The lowest BCUT2D eigenvalue weighted by molar-refractivity contribution is 0.322. The normalized spacial score (nSPS) is 10.8. The molecular weight excluding hydrogens is 463 g/mol. The van der Waals surface area contributed by atoms with Crippen molar-refractivity contribution in [1.29, 1.82) is 0 Å². The van der Waals surface area contributed by atoms with Crippen LogP contribution in [0.2, 0.25) is 0 Å². The number of hydrogen-bond donors (Lipinski definition) is 2. The Morgan fingerprint density at radius 3 is 2.41 bits per heavy atom. The molecule has 0 saturated carbocycles. The number of aryl methyl sites for hydroxylation is 1. The largest absolute Gasteiger partial charge is 0.493 e. The van der Waals surface area contributed by atoms with Crippen molar-refractivity contribution in [3.05, 3.63) is 29.8 Å². The van der Waals surface area contributed by atoms with Gasteiger partial charge in [0.25, 0.3) is 0 Å². The Morgan fingerprint density at radius 2 is 1.85 bits per heavy atom. The summed E-state index contributed by atoms with van der Waals surface area (Å²) in [6, 6.07) is 3.84. The fourth-order valence-corrected chi connectivity index (χ4v) is 2.54. The summed E-state index contributed by atoms with van der Waals surface area (Å²) in [6.07, 6.45) is 2.25. The van der Waals surface area contributed by atoms with Gasteiger partial charge in [-0.25, -0.2) is 4.98 Å². The maximum absolute atomic E-state index is 5.51. The van der Waals surface area contributed by atoms with Crippen molar-refractivity contribution >= 4 is 29.9 Å². The third kappa shape index (κ3) is 5.88. The molecule has 2 aromatic rings. The molecular formula is C17H27IN6O3. The fraction of sp³-hybridized carbons (Fsp3) is 0.471. The van der Waals surface area contributed by atoms with Gasteiger partial charge in [-0.15, -0.1) is 24.0 Å². The summed E-state index contributed by atoms with van der Waals surface area (Å²) < 4.78 is 17.9. The summed E-state index contributed by atoms with van der Waals surface area (Å²) in [6.45, 7) is 1.21. The molecule has 0 amide bonds. The molecule has 0 fully saturated rings. The van der Waals surface area contributed by atoms with Crippen molar-refractivity contribution in [1.82, 2.24) is 25.4 Å². The molecule has 1 aromatic heterocycles. The number of rotatable bonds is 8. The number of aromatic nitrogens is 3. The molecule has 0 aliphatic heterocycles. The Kier molecular flexibility index (Phi) is 9.68. The topological polar surface area (TPSA) is 94.8 Å². The molecule has 0 saturated heterocycles. The van der Waals surface area contributed by atoms with Crippen LogP contribution in [0.4, 0.5) is 0 Å². The van der Waals surface area contributed by atoms with Crippen molar-refractivity contribution in [3.8, 4) is 17.2 Å². The summed E-state index contributed by atoms with van der Waals surface area (Å²) in [5.74, 6) is 3.43. The number of nitrogens with zero attached hydrogens (tertiary/aromatic N) is 4. The maximum atomic E-state index is 5.51. The summed E-state index contributed by atoms with van der Waals surface area (Å²) in [5.41, 5.74) is 1.02. The zero-order chi connectivity index (χ0) is 18.9. The van der Waals surface area contributed by atoms with Gasteiger partial charge in [-0.3, -0.25) is 9.67 Å². The van der Waals surface area contributed by atoms with Gasteiger partial charge in [0.2, 0.25) is 5.75 Å². The van der Waals surface area contributed by atoms with Gasteiger partial charge in [0.15, 0.2) is 17.5 Å². The minimum atomic E-state index is 0. The van der Waals surface area contributed by atoms with E-state index in [1.165, 1.54) is 6.33 Å². The average molecular weight is 490 g/mol. The molecule has 0 radical (unpaired) electrons. The Morgan fingerprint density at radius 1 is 1.11 bits per heavy atom. The van der Waals surface area contributed by atoms with Crippen LogP contribution in [0.5, 0.6) is 17.2 Å². The van der Waals surface area contributed by atoms with Gasteiger partial charge in [-0.05, 0) is 12.5 Å². The van der Waals surface area contributed by atoms with Crippen LogP contribution in [0, 0.1) is 0 Å². The van der Waals surface area contributed by atoms with Crippen molar-refractivity contribution in [2.45, 2.75) is 13.0 Å². The molecule has 0 atom stereocenters. The van der Waals surface area contributed by atoms with Gasteiger partial charge in [0.05, 0.1) is 27.9 Å². The molecule has 0 spiro atoms. The summed E-state index contributed by atoms with van der Waals surface area (Å²) in [5, 5.41) is 10.5. The van der Waals surface area contributed by atoms with E-state index in [-0.39, 0.29) is 24.0 Å². The van der Waals surface area contributed by atoms with Gasteiger partial charge in [-0.2, -0.15) is 5.10 Å². The number of aliphatic imine (C=N–C) groups is 1. The minimum absolute atomic E-state index is 0. The molecule has 0 aliphatic rings. The molecule has 0 bridgehead atoms. The Hall–Kier alpha value is -2.24. The highest BCUT2D eigenvalue weighted by Crippen LogP contribution is 2.39. The van der Waals surface area contributed by atoms with E-state index < -0.39 is 0 Å². The minimum Gasteiger partial charge on any atom is -0.493 e. The highest BCUT2D eigenvalue weighted by molar-refractivity contribution is 14.0. The first-order valence-corrected chi connectivity index (χ1v) is 8.19. The Balaban J connectivity index is 0.00000364. The van der Waals surface area contributed by atoms with Crippen molar-refractivity contribution in [2.24, 2.45) is 12.0 Å². The van der Waals surface area contributed by atoms with Crippen LogP contribution < -0.4 is 24.8 Å². The van der Waals surface area contributed by atoms with Crippen LogP contribution in [0.25, 0.3) is 0 Å². The SMILES string of the molecule is CN=C(NCCc1ccc(OC)c(OC)c1OC)NCc1ncnn1C.I. The molecule has 9 nitrogen and oxygen atoms in total. The lowest BCUT2D eigenvalue weighted by Gasteiger charge is -2.16. The maximum Gasteiger partial charge on any atom is 0.203 e. The van der Waals surface area contributed by atoms with Crippen LogP contribution in [-0.4, -0.2) is 55.6 Å². The molecule has 2 N–H and O–H groups in total. The van der Waals surface area contributed by atoms with E-state index in [1.807, 2.05) is 19.2 Å². The molecule has 1 aromatic carbocycles. The van der Waals surface area contributed by atoms with Gasteiger partial charge >= 0.3 is 0 Å². The standard InChI is InChI=1S/C17H26N6O3.HI/c1-18-17(20-10-14-21-11-22-23(14)2)19-9-8-12-6-7-13(24-3)16(26-5)15(12)25-4;/h6-7,11H,8-10H2,1-5H3,(H2,18,19,20);1H. The first-order chi connectivity index (χ1) is 12.6. The zero-order valence-corrected chi connectivity index (χ0v) is 18.6. The van der Waals surface area contributed by atoms with Gasteiger partial charge < -0.3 is 24.8 Å². The van der Waals surface area contributed by atoms with E-state index in [4.69, 9.17) is 14.2 Å². The lowest BCUT2D eigenvalue weighted by atomic mass is 10.1. The average Bonchev–Trinajstić information content (AvgIpc) is 3.08. The van der Waals surface area contributed by atoms with E-state index in [1.54, 1.807) is 33.1 Å². The zero-order valence-electron chi connectivity index (χ0n) is 16.3. The molecule has 0 aliphatic carbocycles. The van der Waals surface area contributed by atoms with Crippen LogP contribution in [-0.2, 0) is 20.0 Å². The number of benzene rings is 1. The molecule has 0 unspecified atom stereocenters. The molecule has 27 heavy (non-hydrogen) atoms. The third-order valence-corrected chi connectivity index (χ3v) is 3.92. The number of ether oxygens (including phenoxy) is 3. The number of halogens is 1. The first kappa shape index (κ1) is 22.8. The van der Waals surface area contributed by atoms with E-state index in [0.29, 0.717) is 36.3 Å². The van der Waals surface area contributed by atoms with Crippen LogP contribution >= 0.6 is 24.0 Å². The predicted molar refractivity (Wildman–Crippen MR) is 114 cm³/mol. The smallest absolute Gasteiger partial charge is 0.203 e. The van der Waals surface area contributed by atoms with E-state index in [9.17, 15) is 0 Å². The summed E-state index contributed by atoms with van der Waals surface area (Å²) in [7, 11) is 8.40. The monoisotopic (exact) mass is 490 g/mol. The number of guanidine groups is 1. The van der Waals surface area contributed by atoms with Gasteiger partial charge in [-0.1, -0.05) is 6.07 Å². The van der Waals surface area contributed by atoms with Gasteiger partial charge in [0, 0.05) is 26.2 Å². The number of nitrogens with one attached hydrogen (secondary N) is 2. The second kappa shape index (κ2) is 11.5. The summed E-state index contributed by atoms with van der Waals surface area (Å²) >= 11 is 0. The molecule has 150 valence electrons.